The highest BCUT2D eigenvalue weighted by atomic mass is 16.6. The van der Waals surface area contributed by atoms with Crippen LogP contribution in [0.5, 0.6) is 17.2 Å². The summed E-state index contributed by atoms with van der Waals surface area (Å²) in [6, 6.07) is 9.53. The van der Waals surface area contributed by atoms with Gasteiger partial charge in [0.1, 0.15) is 11.9 Å². The van der Waals surface area contributed by atoms with Gasteiger partial charge in [0.25, 0.3) is 5.91 Å². The van der Waals surface area contributed by atoms with Gasteiger partial charge in [0.05, 0.1) is 6.04 Å². The van der Waals surface area contributed by atoms with Crippen molar-refractivity contribution in [2.45, 2.75) is 76.0 Å². The Hall–Kier alpha value is -3.50. The van der Waals surface area contributed by atoms with E-state index in [1.165, 1.54) is 19.8 Å². The first-order chi connectivity index (χ1) is 19.3. The Bertz CT molecular complexity index is 1470. The lowest BCUT2D eigenvalue weighted by Gasteiger charge is -2.60. The van der Waals surface area contributed by atoms with E-state index < -0.39 is 5.97 Å². The molecule has 5 aliphatic rings. The van der Waals surface area contributed by atoms with Crippen LogP contribution in [-0.2, 0) is 21.4 Å². The van der Waals surface area contributed by atoms with E-state index in [2.05, 4.69) is 16.7 Å². The fraction of sp³-hybridized carbons (Fsp3) is 0.515. The average molecular weight is 541 g/mol. The molecule has 0 radical (unpaired) electrons. The molecule has 7 nitrogen and oxygen atoms in total. The molecule has 1 saturated heterocycles. The zero-order valence-corrected chi connectivity index (χ0v) is 23.4. The van der Waals surface area contributed by atoms with Gasteiger partial charge in [-0.2, -0.15) is 0 Å². The number of ether oxygens (including phenoxy) is 2. The number of carbonyl (C=O) groups excluding carboxylic acids is 2. The van der Waals surface area contributed by atoms with Crippen molar-refractivity contribution in [2.75, 3.05) is 20.1 Å². The van der Waals surface area contributed by atoms with E-state index in [4.69, 9.17) is 9.47 Å². The number of rotatable bonds is 4. The monoisotopic (exact) mass is 540 g/mol. The Morgan fingerprint density at radius 2 is 2.05 bits per heavy atom. The van der Waals surface area contributed by atoms with Gasteiger partial charge in [0.2, 0.25) is 0 Å². The molecule has 40 heavy (non-hydrogen) atoms. The fourth-order valence-corrected chi connectivity index (χ4v) is 8.22. The lowest BCUT2D eigenvalue weighted by molar-refractivity contribution is -0.134. The third-order valence-electron chi connectivity index (χ3n) is 10.1. The summed E-state index contributed by atoms with van der Waals surface area (Å²) in [6.07, 6.45) is 5.76. The van der Waals surface area contributed by atoms with Crippen LogP contribution < -0.4 is 9.47 Å². The highest BCUT2D eigenvalue weighted by Crippen LogP contribution is 2.65. The molecule has 2 aromatic rings. The fourth-order valence-electron chi connectivity index (χ4n) is 8.22. The Balaban J connectivity index is 1.28. The number of piperidine rings is 1. The number of aryl methyl sites for hydroxylation is 1. The average Bonchev–Trinajstić information content (AvgIpc) is 3.67. The van der Waals surface area contributed by atoms with Crippen LogP contribution in [0.2, 0.25) is 0 Å². The van der Waals surface area contributed by atoms with Crippen molar-refractivity contribution in [3.8, 4) is 29.1 Å². The number of benzene rings is 2. The first kappa shape index (κ1) is 25.5. The number of aromatic hydroxyl groups is 1. The minimum absolute atomic E-state index is 0.172. The molecule has 1 amide bonds. The summed E-state index contributed by atoms with van der Waals surface area (Å²) >= 11 is 0. The summed E-state index contributed by atoms with van der Waals surface area (Å²) in [6.45, 7) is 5.45. The minimum Gasteiger partial charge on any atom is -0.508 e. The van der Waals surface area contributed by atoms with Crippen molar-refractivity contribution in [3.05, 3.63) is 52.6 Å². The zero-order valence-electron chi connectivity index (χ0n) is 23.4. The van der Waals surface area contributed by atoms with Crippen LogP contribution in [0.1, 0.15) is 61.3 Å². The van der Waals surface area contributed by atoms with Gasteiger partial charge in [-0.15, -0.1) is 0 Å². The quantitative estimate of drug-likeness (QED) is 0.360. The number of carbonyl (C=O) groups is 2. The summed E-state index contributed by atoms with van der Waals surface area (Å²) in [5.41, 5.74) is 3.51. The predicted molar refractivity (Wildman–Crippen MR) is 149 cm³/mol. The van der Waals surface area contributed by atoms with Gasteiger partial charge in [-0.25, -0.2) is 0 Å². The molecule has 2 bridgehead atoms. The summed E-state index contributed by atoms with van der Waals surface area (Å²) in [4.78, 5) is 29.8. The molecule has 2 heterocycles. The standard InChI is InChI=1S/C33H36N2O5/c1-19-5-4-6-21(15-19)9-12-29(38)34(3)25-11-10-24-26-16-23-27(37)17-28(39-20(2)36)31-30(23)33(24,32(25)40-31)13-14-35(26)18-22-7-8-22/h4-6,15,17,22,24-26,32,37H,7-8,10-11,13-14,16,18H2,1-3H3/t24-,25-,26+,32-,33-/m0/s1. The van der Waals surface area contributed by atoms with Crippen LogP contribution in [0.3, 0.4) is 0 Å². The van der Waals surface area contributed by atoms with Crippen LogP contribution in [0, 0.1) is 30.6 Å². The second-order valence-corrected chi connectivity index (χ2v) is 12.5. The van der Waals surface area contributed by atoms with Crippen molar-refractivity contribution < 1.29 is 24.2 Å². The third kappa shape index (κ3) is 3.91. The molecule has 3 aliphatic carbocycles. The van der Waals surface area contributed by atoms with E-state index in [9.17, 15) is 14.7 Å². The molecule has 5 atom stereocenters. The highest BCUT2D eigenvalue weighted by molar-refractivity contribution is 5.94. The molecular formula is C33H36N2O5. The maximum atomic E-state index is 13.4. The number of nitrogens with zero attached hydrogens (tertiary/aromatic N) is 2. The number of hydrogen-bond donors (Lipinski definition) is 1. The Kier molecular flexibility index (Phi) is 5.90. The second kappa shape index (κ2) is 9.27. The zero-order chi connectivity index (χ0) is 27.8. The van der Waals surface area contributed by atoms with Crippen LogP contribution >= 0.6 is 0 Å². The predicted octanol–water partition coefficient (Wildman–Crippen LogP) is 3.95. The Labute approximate surface area is 235 Å². The molecule has 2 saturated carbocycles. The van der Waals surface area contributed by atoms with Crippen LogP contribution in [0.25, 0.3) is 0 Å². The lowest BCUT2D eigenvalue weighted by Crippen LogP contribution is -2.69. The smallest absolute Gasteiger partial charge is 0.308 e. The maximum absolute atomic E-state index is 13.4. The van der Waals surface area contributed by atoms with Gasteiger partial charge in [-0.3, -0.25) is 14.5 Å². The molecule has 1 spiro atoms. The topological polar surface area (TPSA) is 79.3 Å². The largest absolute Gasteiger partial charge is 0.508 e. The van der Waals surface area contributed by atoms with Crippen LogP contribution in [-0.4, -0.2) is 65.1 Å². The summed E-state index contributed by atoms with van der Waals surface area (Å²) in [5.74, 6) is 7.37. The number of likely N-dealkylation sites (tertiary alicyclic amines) is 1. The lowest BCUT2D eigenvalue weighted by atomic mass is 9.50. The van der Waals surface area contributed by atoms with E-state index in [0.717, 1.165) is 66.9 Å². The van der Waals surface area contributed by atoms with Crippen molar-refractivity contribution in [1.82, 2.24) is 9.80 Å². The number of likely N-dealkylation sites (N-methyl/N-ethyl adjacent to an activating group) is 1. The van der Waals surface area contributed by atoms with Crippen molar-refractivity contribution in [2.24, 2.45) is 11.8 Å². The SMILES string of the molecule is CC(=O)Oc1cc(O)c2c3c1O[C@H]1[C@@H](N(C)C(=O)C#Cc4cccc(C)c4)CC[C@H]4[C@@H](C2)N(CC2CC2)CC[C@@]341. The van der Waals surface area contributed by atoms with Crippen molar-refractivity contribution >= 4 is 11.9 Å². The molecular weight excluding hydrogens is 504 g/mol. The molecule has 208 valence electrons. The number of phenolic OH excluding ortho intramolecular Hbond substituents is 1. The van der Waals surface area contributed by atoms with Gasteiger partial charge in [-0.1, -0.05) is 18.1 Å². The Morgan fingerprint density at radius 1 is 1.23 bits per heavy atom. The molecule has 0 aromatic heterocycles. The molecule has 7 rings (SSSR count). The number of hydrogen-bond acceptors (Lipinski definition) is 6. The van der Waals surface area contributed by atoms with Gasteiger partial charge in [0, 0.05) is 60.7 Å². The van der Waals surface area contributed by atoms with E-state index in [1.54, 1.807) is 11.0 Å². The van der Waals surface area contributed by atoms with Crippen LogP contribution in [0.4, 0.5) is 0 Å². The molecule has 0 unspecified atom stereocenters. The van der Waals surface area contributed by atoms with E-state index >= 15 is 0 Å². The summed E-state index contributed by atoms with van der Waals surface area (Å²) < 4.78 is 12.4. The highest BCUT2D eigenvalue weighted by Gasteiger charge is 2.67. The van der Waals surface area contributed by atoms with E-state index in [-0.39, 0.29) is 35.0 Å². The minimum atomic E-state index is -0.452. The normalized spacial score (nSPS) is 29.5. The van der Waals surface area contributed by atoms with Crippen molar-refractivity contribution in [3.63, 3.8) is 0 Å². The summed E-state index contributed by atoms with van der Waals surface area (Å²) in [7, 11) is 1.83. The first-order valence-electron chi connectivity index (χ1n) is 14.6. The molecule has 7 heteroatoms. The van der Waals surface area contributed by atoms with Crippen LogP contribution in [0.15, 0.2) is 30.3 Å². The number of amides is 1. The van der Waals surface area contributed by atoms with Gasteiger partial charge < -0.3 is 19.5 Å². The Morgan fingerprint density at radius 3 is 2.80 bits per heavy atom. The third-order valence-corrected chi connectivity index (χ3v) is 10.1. The molecule has 1 N–H and O–H groups in total. The number of phenols is 1. The molecule has 2 aliphatic heterocycles. The van der Waals surface area contributed by atoms with E-state index in [1.807, 2.05) is 38.2 Å². The first-order valence-corrected chi connectivity index (χ1v) is 14.6. The maximum Gasteiger partial charge on any atom is 0.308 e. The van der Waals surface area contributed by atoms with Crippen molar-refractivity contribution in [1.29, 1.82) is 0 Å². The molecule has 3 fully saturated rings. The van der Waals surface area contributed by atoms with Gasteiger partial charge >= 0.3 is 5.97 Å². The van der Waals surface area contributed by atoms with E-state index in [0.29, 0.717) is 17.7 Å². The van der Waals surface area contributed by atoms with Gasteiger partial charge in [0.15, 0.2) is 11.5 Å². The second-order valence-electron chi connectivity index (χ2n) is 12.5. The summed E-state index contributed by atoms with van der Waals surface area (Å²) in [5, 5.41) is 11.2. The molecule has 2 aromatic carbocycles. The number of esters is 1. The van der Waals surface area contributed by atoms with Gasteiger partial charge in [-0.05, 0) is 81.5 Å².